The summed E-state index contributed by atoms with van der Waals surface area (Å²) < 4.78 is 4.97. The van der Waals surface area contributed by atoms with Crippen molar-refractivity contribution >= 4 is 8.80 Å². The molecule has 0 spiro atoms. The summed E-state index contributed by atoms with van der Waals surface area (Å²) in [5, 5.41) is 0. The summed E-state index contributed by atoms with van der Waals surface area (Å²) in [5.74, 6) is 0. The minimum atomic E-state index is -0.0449. The second-order valence-electron chi connectivity index (χ2n) is 2.95. The molecular formula is C7H18NOSi. The molecule has 0 N–H and O–H groups in total. The molecule has 2 nitrogen and oxygen atoms in total. The molecule has 0 unspecified atom stereocenters. The first kappa shape index (κ1) is 10.1. The number of nitrogens with zero attached hydrogens (tertiary/aromatic N) is 1. The summed E-state index contributed by atoms with van der Waals surface area (Å²) in [6, 6.07) is 1.35. The van der Waals surface area contributed by atoms with Gasteiger partial charge in [-0.1, -0.05) is 13.1 Å². The van der Waals surface area contributed by atoms with E-state index in [1.165, 1.54) is 12.6 Å². The lowest BCUT2D eigenvalue weighted by Gasteiger charge is -2.15. The van der Waals surface area contributed by atoms with Crippen LogP contribution in [0, 0.1) is 0 Å². The van der Waals surface area contributed by atoms with E-state index in [2.05, 4.69) is 25.0 Å². The van der Waals surface area contributed by atoms with Gasteiger partial charge in [0.1, 0.15) is 0 Å². The van der Waals surface area contributed by atoms with Gasteiger partial charge in [-0.3, -0.25) is 4.90 Å². The van der Waals surface area contributed by atoms with Gasteiger partial charge >= 0.3 is 0 Å². The summed E-state index contributed by atoms with van der Waals surface area (Å²) in [4.78, 5) is 2.21. The molecule has 0 fully saturated rings. The molecule has 0 saturated carbocycles. The molecule has 10 heavy (non-hydrogen) atoms. The van der Waals surface area contributed by atoms with E-state index in [4.69, 9.17) is 4.74 Å². The molecule has 0 aliphatic rings. The van der Waals surface area contributed by atoms with Crippen molar-refractivity contribution in [2.75, 3.05) is 27.4 Å². The van der Waals surface area contributed by atoms with Crippen molar-refractivity contribution in [2.45, 2.75) is 19.1 Å². The van der Waals surface area contributed by atoms with E-state index in [9.17, 15) is 0 Å². The minimum Gasteiger partial charge on any atom is -0.369 e. The van der Waals surface area contributed by atoms with Crippen molar-refractivity contribution < 1.29 is 4.74 Å². The monoisotopic (exact) mass is 160 g/mol. The van der Waals surface area contributed by atoms with Crippen LogP contribution in [0.2, 0.25) is 19.1 Å². The van der Waals surface area contributed by atoms with Crippen molar-refractivity contribution in [1.29, 1.82) is 0 Å². The van der Waals surface area contributed by atoms with Gasteiger partial charge in [-0.2, -0.15) is 0 Å². The summed E-state index contributed by atoms with van der Waals surface area (Å²) in [7, 11) is 3.78. The van der Waals surface area contributed by atoms with E-state index in [1.807, 2.05) is 0 Å². The highest BCUT2D eigenvalue weighted by Crippen LogP contribution is 1.93. The first-order chi connectivity index (χ1) is 4.66. The Hall–Kier alpha value is 0.137. The zero-order valence-electron chi connectivity index (χ0n) is 7.48. The molecule has 0 aliphatic carbocycles. The van der Waals surface area contributed by atoms with Crippen LogP contribution in [0.5, 0.6) is 0 Å². The maximum atomic E-state index is 4.97. The molecule has 61 valence electrons. The zero-order valence-corrected chi connectivity index (χ0v) is 8.48. The van der Waals surface area contributed by atoms with Crippen LogP contribution in [0.15, 0.2) is 0 Å². The molecule has 0 aromatic carbocycles. The topological polar surface area (TPSA) is 12.5 Å². The fourth-order valence-electron chi connectivity index (χ4n) is 0.699. The highest BCUT2D eigenvalue weighted by Gasteiger charge is 1.99. The largest absolute Gasteiger partial charge is 0.369 e. The van der Waals surface area contributed by atoms with Crippen LogP contribution >= 0.6 is 0 Å². The van der Waals surface area contributed by atoms with Gasteiger partial charge < -0.3 is 4.74 Å². The van der Waals surface area contributed by atoms with Crippen molar-refractivity contribution in [3.05, 3.63) is 0 Å². The van der Waals surface area contributed by atoms with E-state index in [-0.39, 0.29) is 8.80 Å². The van der Waals surface area contributed by atoms with Crippen molar-refractivity contribution in [2.24, 2.45) is 0 Å². The molecule has 0 saturated heterocycles. The summed E-state index contributed by atoms with van der Waals surface area (Å²) in [6.07, 6.45) is 0. The van der Waals surface area contributed by atoms with Gasteiger partial charge in [0, 0.05) is 15.9 Å². The van der Waals surface area contributed by atoms with Crippen molar-refractivity contribution in [3.63, 3.8) is 0 Å². The number of methoxy groups -OCH3 is 1. The van der Waals surface area contributed by atoms with E-state index in [1.54, 1.807) is 7.11 Å². The average molecular weight is 160 g/mol. The van der Waals surface area contributed by atoms with Gasteiger partial charge in [0.15, 0.2) is 0 Å². The molecule has 0 amide bonds. The molecule has 0 bridgehead atoms. The normalized spacial score (nSPS) is 11.4. The number of ether oxygens (including phenoxy) is 1. The number of hydrogen-bond donors (Lipinski definition) is 0. The van der Waals surface area contributed by atoms with E-state index in [0.717, 1.165) is 6.73 Å². The Balaban J connectivity index is 3.12. The standard InChI is InChI=1S/C7H18NOSi/c1-8(7-9-2)5-6-10(3)4/h5-7H2,1-4H3. The quantitative estimate of drug-likeness (QED) is 0.444. The van der Waals surface area contributed by atoms with E-state index < -0.39 is 0 Å². The van der Waals surface area contributed by atoms with Crippen LogP contribution in [0.25, 0.3) is 0 Å². The summed E-state index contributed by atoms with van der Waals surface area (Å²) in [5.41, 5.74) is 0. The first-order valence-electron chi connectivity index (χ1n) is 3.63. The predicted molar refractivity (Wildman–Crippen MR) is 46.8 cm³/mol. The summed E-state index contributed by atoms with van der Waals surface area (Å²) >= 11 is 0. The van der Waals surface area contributed by atoms with Gasteiger partial charge in [0.25, 0.3) is 0 Å². The second-order valence-corrected chi connectivity index (χ2v) is 5.87. The number of hydrogen-bond acceptors (Lipinski definition) is 2. The third-order valence-corrected chi connectivity index (χ3v) is 2.57. The molecule has 0 atom stereocenters. The maximum absolute atomic E-state index is 4.97. The highest BCUT2D eigenvalue weighted by molar-refractivity contribution is 6.55. The van der Waals surface area contributed by atoms with Gasteiger partial charge in [-0.05, 0) is 19.6 Å². The third kappa shape index (κ3) is 6.26. The molecule has 0 rings (SSSR count). The van der Waals surface area contributed by atoms with Crippen LogP contribution in [0.4, 0.5) is 0 Å². The van der Waals surface area contributed by atoms with Crippen molar-refractivity contribution in [1.82, 2.24) is 4.90 Å². The fourth-order valence-corrected chi connectivity index (χ4v) is 1.53. The summed E-state index contributed by atoms with van der Waals surface area (Å²) in [6.45, 7) is 6.61. The van der Waals surface area contributed by atoms with Gasteiger partial charge in [0.05, 0.1) is 6.73 Å². The Kier molecular flexibility index (Phi) is 5.97. The number of rotatable bonds is 5. The molecule has 1 radical (unpaired) electrons. The Morgan fingerprint density at radius 1 is 1.40 bits per heavy atom. The average Bonchev–Trinajstić information content (AvgIpc) is 1.85. The lowest BCUT2D eigenvalue weighted by molar-refractivity contribution is 0.0856. The third-order valence-electron chi connectivity index (χ3n) is 1.34. The van der Waals surface area contributed by atoms with Gasteiger partial charge in [0.2, 0.25) is 0 Å². The smallest absolute Gasteiger partial charge is 0.0983 e. The molecule has 0 aromatic heterocycles. The van der Waals surface area contributed by atoms with Gasteiger partial charge in [-0.25, -0.2) is 0 Å². The second kappa shape index (κ2) is 5.89. The maximum Gasteiger partial charge on any atom is 0.0983 e. The van der Waals surface area contributed by atoms with Crippen LogP contribution < -0.4 is 0 Å². The van der Waals surface area contributed by atoms with Crippen molar-refractivity contribution in [3.8, 4) is 0 Å². The molecule has 0 aliphatic heterocycles. The fraction of sp³-hybridized carbons (Fsp3) is 1.00. The molecule has 0 heterocycles. The first-order valence-corrected chi connectivity index (χ1v) is 6.34. The lowest BCUT2D eigenvalue weighted by atomic mass is 10.7. The van der Waals surface area contributed by atoms with E-state index in [0.29, 0.717) is 0 Å². The SMILES string of the molecule is COCN(C)CC[Si](C)C. The highest BCUT2D eigenvalue weighted by atomic mass is 28.3. The Morgan fingerprint density at radius 2 is 2.00 bits per heavy atom. The predicted octanol–water partition coefficient (Wildman–Crippen LogP) is 1.28. The molecular weight excluding hydrogens is 142 g/mol. The Labute approximate surface area is 65.8 Å². The molecule has 3 heteroatoms. The lowest BCUT2D eigenvalue weighted by Crippen LogP contribution is -2.24. The van der Waals surface area contributed by atoms with E-state index >= 15 is 0 Å². The van der Waals surface area contributed by atoms with Crippen LogP contribution in [0.1, 0.15) is 0 Å². The zero-order chi connectivity index (χ0) is 7.98. The van der Waals surface area contributed by atoms with Crippen LogP contribution in [0.3, 0.4) is 0 Å². The molecule has 0 aromatic rings. The van der Waals surface area contributed by atoms with Crippen LogP contribution in [-0.4, -0.2) is 41.1 Å². The minimum absolute atomic E-state index is 0.0449. The van der Waals surface area contributed by atoms with Gasteiger partial charge in [-0.15, -0.1) is 0 Å². The Morgan fingerprint density at radius 3 is 2.40 bits per heavy atom. The van der Waals surface area contributed by atoms with Crippen LogP contribution in [-0.2, 0) is 4.74 Å². The Bertz CT molecular complexity index is 78.0.